The van der Waals surface area contributed by atoms with E-state index >= 15 is 0 Å². The molecule has 0 radical (unpaired) electrons. The van der Waals surface area contributed by atoms with E-state index in [0.717, 1.165) is 12.0 Å². The largest absolute Gasteiger partial charge is 0.487 e. The van der Waals surface area contributed by atoms with E-state index in [0.29, 0.717) is 30.1 Å². The van der Waals surface area contributed by atoms with Crippen molar-refractivity contribution in [3.63, 3.8) is 0 Å². The summed E-state index contributed by atoms with van der Waals surface area (Å²) in [6.07, 6.45) is 0.397. The number of benzene rings is 2. The van der Waals surface area contributed by atoms with Gasteiger partial charge in [-0.2, -0.15) is 0 Å². The lowest BCUT2D eigenvalue weighted by Crippen LogP contribution is -2.47. The number of anilines is 2. The second kappa shape index (κ2) is 10.2. The van der Waals surface area contributed by atoms with Crippen molar-refractivity contribution in [3.8, 4) is 5.75 Å². The maximum absolute atomic E-state index is 13.1. The third kappa shape index (κ3) is 5.43. The first-order valence-electron chi connectivity index (χ1n) is 11.1. The molecule has 0 unspecified atom stereocenters. The second-order valence-corrected chi connectivity index (χ2v) is 8.30. The minimum atomic E-state index is -0.543. The van der Waals surface area contributed by atoms with E-state index in [2.05, 4.69) is 16.0 Å². The number of carbonyl (C=O) groups is 2. The molecule has 33 heavy (non-hydrogen) atoms. The van der Waals surface area contributed by atoms with Gasteiger partial charge in [0.25, 0.3) is 0 Å². The molecule has 1 fully saturated rings. The standard InChI is InChI=1S/C24H28FN3O5/c1-2-9-26-22(30)12-17-11-19-18-10-16(7-8-20(18)33-23(19)21(13-29)32-17)28-24(31)27-15-5-3-14(25)4-6-15/h3-8,10,17,19,21,23,29H,2,9,11-13H2,1H3,(H,26,30)(H2,27,28,31)/t17-,19+,21+,23-/m1/s1. The number of halogens is 1. The van der Waals surface area contributed by atoms with Crippen LogP contribution in [0.2, 0.25) is 0 Å². The Hall–Kier alpha value is -3.17. The number of nitrogens with one attached hydrogen (secondary N) is 3. The molecule has 2 aliphatic rings. The number of ether oxygens (including phenoxy) is 2. The van der Waals surface area contributed by atoms with Crippen molar-refractivity contribution in [1.82, 2.24) is 5.32 Å². The monoisotopic (exact) mass is 457 g/mol. The topological polar surface area (TPSA) is 109 Å². The first kappa shape index (κ1) is 23.0. The maximum Gasteiger partial charge on any atom is 0.323 e. The van der Waals surface area contributed by atoms with E-state index in [1.54, 1.807) is 12.1 Å². The van der Waals surface area contributed by atoms with Crippen LogP contribution in [0.25, 0.3) is 0 Å². The van der Waals surface area contributed by atoms with E-state index in [9.17, 15) is 19.1 Å². The first-order chi connectivity index (χ1) is 16.0. The van der Waals surface area contributed by atoms with E-state index in [-0.39, 0.29) is 42.9 Å². The molecule has 0 spiro atoms. The molecule has 8 nitrogen and oxygen atoms in total. The average Bonchev–Trinajstić information content (AvgIpc) is 3.16. The summed E-state index contributed by atoms with van der Waals surface area (Å²) in [4.78, 5) is 24.5. The van der Waals surface area contributed by atoms with Gasteiger partial charge in [0, 0.05) is 29.4 Å². The number of amides is 3. The number of aliphatic hydroxyl groups excluding tert-OH is 1. The van der Waals surface area contributed by atoms with Crippen molar-refractivity contribution in [2.45, 2.75) is 50.4 Å². The lowest BCUT2D eigenvalue weighted by Gasteiger charge is -2.37. The Bertz CT molecular complexity index is 1000. The molecule has 9 heteroatoms. The van der Waals surface area contributed by atoms with Gasteiger partial charge in [0.1, 0.15) is 23.8 Å². The molecule has 4 rings (SSSR count). The number of fused-ring (bicyclic) bond motifs is 3. The number of hydrogen-bond donors (Lipinski definition) is 4. The Morgan fingerprint density at radius 3 is 2.58 bits per heavy atom. The van der Waals surface area contributed by atoms with Crippen molar-refractivity contribution in [2.24, 2.45) is 0 Å². The normalized spacial score (nSPS) is 23.1. The SMILES string of the molecule is CCCNC(=O)C[C@H]1C[C@H]2c3cc(NC(=O)Nc4ccc(F)cc4)ccc3O[C@H]2[C@H](CO)O1. The third-order valence-corrected chi connectivity index (χ3v) is 5.84. The number of urea groups is 1. The van der Waals surface area contributed by atoms with Gasteiger partial charge in [-0.15, -0.1) is 0 Å². The summed E-state index contributed by atoms with van der Waals surface area (Å²) in [5, 5.41) is 18.1. The number of rotatable bonds is 7. The molecule has 2 aliphatic heterocycles. The molecule has 4 N–H and O–H groups in total. The zero-order valence-electron chi connectivity index (χ0n) is 18.3. The zero-order chi connectivity index (χ0) is 23.4. The lowest BCUT2D eigenvalue weighted by molar-refractivity contribution is -0.142. The van der Waals surface area contributed by atoms with Crippen molar-refractivity contribution < 1.29 is 28.6 Å². The van der Waals surface area contributed by atoms with E-state index in [1.807, 2.05) is 13.0 Å². The minimum Gasteiger partial charge on any atom is -0.487 e. The minimum absolute atomic E-state index is 0.0724. The van der Waals surface area contributed by atoms with Gasteiger partial charge in [-0.3, -0.25) is 4.79 Å². The quantitative estimate of drug-likeness (QED) is 0.510. The van der Waals surface area contributed by atoms with Crippen LogP contribution in [0, 0.1) is 5.82 Å². The highest BCUT2D eigenvalue weighted by Gasteiger charge is 2.46. The van der Waals surface area contributed by atoms with Crippen molar-refractivity contribution >= 4 is 23.3 Å². The first-order valence-corrected chi connectivity index (χ1v) is 11.1. The fourth-order valence-corrected chi connectivity index (χ4v) is 4.34. The highest BCUT2D eigenvalue weighted by atomic mass is 19.1. The Labute approximate surface area is 191 Å². The molecule has 0 aliphatic carbocycles. The van der Waals surface area contributed by atoms with Gasteiger partial charge in [-0.05, 0) is 55.3 Å². The highest BCUT2D eigenvalue weighted by Crippen LogP contribution is 2.47. The number of aliphatic hydroxyl groups is 1. The van der Waals surface area contributed by atoms with Crippen LogP contribution in [0.4, 0.5) is 20.6 Å². The van der Waals surface area contributed by atoms with Gasteiger partial charge < -0.3 is 30.5 Å². The van der Waals surface area contributed by atoms with Gasteiger partial charge in [0.2, 0.25) is 5.91 Å². The third-order valence-electron chi connectivity index (χ3n) is 5.84. The van der Waals surface area contributed by atoms with Gasteiger partial charge in [0.05, 0.1) is 19.1 Å². The summed E-state index contributed by atoms with van der Waals surface area (Å²) < 4.78 is 25.1. The second-order valence-electron chi connectivity index (χ2n) is 8.30. The molecular formula is C24H28FN3O5. The van der Waals surface area contributed by atoms with Gasteiger partial charge in [-0.1, -0.05) is 6.92 Å². The summed E-state index contributed by atoms with van der Waals surface area (Å²) >= 11 is 0. The molecule has 176 valence electrons. The molecule has 2 aromatic carbocycles. The fourth-order valence-electron chi connectivity index (χ4n) is 4.34. The van der Waals surface area contributed by atoms with Crippen LogP contribution in [-0.4, -0.2) is 48.5 Å². The molecule has 0 saturated carbocycles. The molecular weight excluding hydrogens is 429 g/mol. The summed E-state index contributed by atoms with van der Waals surface area (Å²) in [6.45, 7) is 2.39. The van der Waals surface area contributed by atoms with Crippen LogP contribution < -0.4 is 20.7 Å². The predicted octanol–water partition coefficient (Wildman–Crippen LogP) is 3.38. The van der Waals surface area contributed by atoms with Crippen LogP contribution >= 0.6 is 0 Å². The molecule has 0 aromatic heterocycles. The highest BCUT2D eigenvalue weighted by molar-refractivity contribution is 5.99. The maximum atomic E-state index is 13.1. The smallest absolute Gasteiger partial charge is 0.323 e. The van der Waals surface area contributed by atoms with E-state index in [1.165, 1.54) is 24.3 Å². The van der Waals surface area contributed by atoms with Gasteiger partial charge in [0.15, 0.2) is 0 Å². The van der Waals surface area contributed by atoms with Gasteiger partial charge in [-0.25, -0.2) is 9.18 Å². The van der Waals surface area contributed by atoms with Crippen LogP contribution in [0.1, 0.15) is 37.7 Å². The molecule has 1 saturated heterocycles. The summed E-state index contributed by atoms with van der Waals surface area (Å²) in [6, 6.07) is 10.4. The Balaban J connectivity index is 1.45. The molecule has 3 amide bonds. The van der Waals surface area contributed by atoms with Crippen LogP contribution in [-0.2, 0) is 9.53 Å². The van der Waals surface area contributed by atoms with Crippen molar-refractivity contribution in [2.75, 3.05) is 23.8 Å². The molecule has 4 atom stereocenters. The summed E-state index contributed by atoms with van der Waals surface area (Å²) in [7, 11) is 0. The Kier molecular flexibility index (Phi) is 7.10. The Morgan fingerprint density at radius 1 is 1.12 bits per heavy atom. The summed E-state index contributed by atoms with van der Waals surface area (Å²) in [5.41, 5.74) is 1.94. The van der Waals surface area contributed by atoms with Crippen LogP contribution in [0.5, 0.6) is 5.75 Å². The van der Waals surface area contributed by atoms with E-state index < -0.39 is 12.1 Å². The summed E-state index contributed by atoms with van der Waals surface area (Å²) in [5.74, 6) is 0.140. The molecule has 2 aromatic rings. The molecule has 2 heterocycles. The zero-order valence-corrected chi connectivity index (χ0v) is 18.3. The number of hydrogen-bond acceptors (Lipinski definition) is 5. The fraction of sp³-hybridized carbons (Fsp3) is 0.417. The number of carbonyl (C=O) groups excluding carboxylic acids is 2. The van der Waals surface area contributed by atoms with Gasteiger partial charge >= 0.3 is 6.03 Å². The van der Waals surface area contributed by atoms with E-state index in [4.69, 9.17) is 9.47 Å². The van der Waals surface area contributed by atoms with Crippen molar-refractivity contribution in [3.05, 3.63) is 53.8 Å². The Morgan fingerprint density at radius 2 is 1.85 bits per heavy atom. The average molecular weight is 458 g/mol. The molecule has 0 bridgehead atoms. The van der Waals surface area contributed by atoms with Crippen molar-refractivity contribution in [1.29, 1.82) is 0 Å². The van der Waals surface area contributed by atoms with Crippen LogP contribution in [0.15, 0.2) is 42.5 Å². The lowest BCUT2D eigenvalue weighted by atomic mass is 9.84. The predicted molar refractivity (Wildman–Crippen MR) is 121 cm³/mol. The van der Waals surface area contributed by atoms with Crippen LogP contribution in [0.3, 0.4) is 0 Å².